The number of nitrogens with zero attached hydrogens (tertiary/aromatic N) is 4. The average molecular weight is 371 g/mol. The summed E-state index contributed by atoms with van der Waals surface area (Å²) in [5, 5.41) is 8.17. The van der Waals surface area contributed by atoms with Crippen molar-refractivity contribution in [3.8, 4) is 0 Å². The van der Waals surface area contributed by atoms with Crippen LogP contribution in [0.3, 0.4) is 0 Å². The Morgan fingerprint density at radius 2 is 1.79 bits per heavy atom. The Hall–Kier alpha value is -3.67. The smallest absolute Gasteiger partial charge is 0.257 e. The molecule has 28 heavy (non-hydrogen) atoms. The summed E-state index contributed by atoms with van der Waals surface area (Å²) in [6.07, 6.45) is 3.34. The van der Waals surface area contributed by atoms with Crippen molar-refractivity contribution in [2.24, 2.45) is 0 Å². The van der Waals surface area contributed by atoms with Crippen LogP contribution in [-0.2, 0) is 6.54 Å². The van der Waals surface area contributed by atoms with E-state index in [-0.39, 0.29) is 5.91 Å². The third-order valence-electron chi connectivity index (χ3n) is 4.55. The molecule has 0 unspecified atom stereocenters. The van der Waals surface area contributed by atoms with E-state index in [2.05, 4.69) is 27.5 Å². The number of hydrogen-bond donors (Lipinski definition) is 1. The van der Waals surface area contributed by atoms with Crippen molar-refractivity contribution < 1.29 is 4.79 Å². The molecule has 6 nitrogen and oxygen atoms in total. The van der Waals surface area contributed by atoms with Crippen molar-refractivity contribution >= 4 is 28.3 Å². The normalized spacial score (nSPS) is 10.8. The molecule has 1 amide bonds. The van der Waals surface area contributed by atoms with E-state index in [0.717, 1.165) is 28.0 Å². The van der Waals surface area contributed by atoms with Gasteiger partial charge < -0.3 is 10.2 Å². The lowest BCUT2D eigenvalue weighted by Gasteiger charge is -2.13. The average Bonchev–Trinajstić information content (AvgIpc) is 3.11. The summed E-state index contributed by atoms with van der Waals surface area (Å²) in [6.45, 7) is 0.640. The second-order valence-corrected chi connectivity index (χ2v) is 6.82. The van der Waals surface area contributed by atoms with E-state index in [4.69, 9.17) is 0 Å². The molecule has 2 aromatic carbocycles. The fraction of sp³-hybridized carbons (Fsp3) is 0.136. The summed E-state index contributed by atoms with van der Waals surface area (Å²) in [5.41, 5.74) is 4.24. The van der Waals surface area contributed by atoms with Gasteiger partial charge in [0.15, 0.2) is 5.65 Å². The van der Waals surface area contributed by atoms with Crippen molar-refractivity contribution in [2.75, 3.05) is 24.3 Å². The fourth-order valence-electron chi connectivity index (χ4n) is 3.01. The van der Waals surface area contributed by atoms with Crippen LogP contribution in [0.25, 0.3) is 11.0 Å². The number of nitrogens with one attached hydrogen (secondary N) is 1. The zero-order chi connectivity index (χ0) is 19.5. The molecule has 0 aliphatic carbocycles. The molecule has 0 atom stereocenters. The topological polar surface area (TPSA) is 63.1 Å². The first-order chi connectivity index (χ1) is 13.6. The number of pyridine rings is 1. The molecule has 4 rings (SSSR count). The highest BCUT2D eigenvalue weighted by molar-refractivity contribution is 6.05. The Morgan fingerprint density at radius 3 is 2.50 bits per heavy atom. The summed E-state index contributed by atoms with van der Waals surface area (Å²) in [6, 6.07) is 19.6. The van der Waals surface area contributed by atoms with Gasteiger partial charge in [0.1, 0.15) is 0 Å². The number of fused-ring (bicyclic) bond motifs is 1. The third kappa shape index (κ3) is 3.71. The largest absolute Gasteiger partial charge is 0.378 e. The number of carbonyl (C=O) groups excluding carboxylic acids is 1. The van der Waals surface area contributed by atoms with E-state index in [9.17, 15) is 4.79 Å². The van der Waals surface area contributed by atoms with Gasteiger partial charge in [-0.3, -0.25) is 4.79 Å². The molecule has 0 fully saturated rings. The van der Waals surface area contributed by atoms with Gasteiger partial charge in [0, 0.05) is 37.1 Å². The predicted molar refractivity (Wildman–Crippen MR) is 112 cm³/mol. The Kier molecular flexibility index (Phi) is 4.76. The molecular weight excluding hydrogens is 350 g/mol. The van der Waals surface area contributed by atoms with Gasteiger partial charge in [-0.2, -0.15) is 5.10 Å². The second-order valence-electron chi connectivity index (χ2n) is 6.82. The monoisotopic (exact) mass is 371 g/mol. The first-order valence-electron chi connectivity index (χ1n) is 9.04. The standard InChI is InChI=1S/C22H21N5O/c1-26(2)20-10-8-19(9-11-20)25-22(28)18-12-17-14-24-27(21(17)23-13-18)15-16-6-4-3-5-7-16/h3-14H,15H2,1-2H3,(H,25,28). The number of amides is 1. The van der Waals surface area contributed by atoms with Crippen LogP contribution in [0.15, 0.2) is 73.1 Å². The van der Waals surface area contributed by atoms with Gasteiger partial charge in [-0.15, -0.1) is 0 Å². The van der Waals surface area contributed by atoms with Gasteiger partial charge in [-0.1, -0.05) is 30.3 Å². The van der Waals surface area contributed by atoms with Crippen molar-refractivity contribution in [3.05, 3.63) is 84.2 Å². The molecule has 0 saturated carbocycles. The molecule has 0 aliphatic rings. The number of rotatable bonds is 5. The van der Waals surface area contributed by atoms with Crippen LogP contribution >= 0.6 is 0 Å². The van der Waals surface area contributed by atoms with Crippen LogP contribution in [0, 0.1) is 0 Å². The van der Waals surface area contributed by atoms with E-state index in [0.29, 0.717) is 12.1 Å². The minimum Gasteiger partial charge on any atom is -0.378 e. The van der Waals surface area contributed by atoms with Gasteiger partial charge in [-0.05, 0) is 35.9 Å². The molecule has 1 N–H and O–H groups in total. The third-order valence-corrected chi connectivity index (χ3v) is 4.55. The molecule has 2 aromatic heterocycles. The van der Waals surface area contributed by atoms with Crippen LogP contribution in [0.4, 0.5) is 11.4 Å². The quantitative estimate of drug-likeness (QED) is 0.580. The lowest BCUT2D eigenvalue weighted by molar-refractivity contribution is 0.102. The van der Waals surface area contributed by atoms with E-state index in [1.807, 2.05) is 72.2 Å². The van der Waals surface area contributed by atoms with E-state index >= 15 is 0 Å². The molecule has 2 heterocycles. The Labute approximate surface area is 163 Å². The molecule has 0 bridgehead atoms. The predicted octanol–water partition coefficient (Wildman–Crippen LogP) is 3.80. The summed E-state index contributed by atoms with van der Waals surface area (Å²) in [4.78, 5) is 19.1. The van der Waals surface area contributed by atoms with E-state index < -0.39 is 0 Å². The summed E-state index contributed by atoms with van der Waals surface area (Å²) in [5.74, 6) is -0.192. The SMILES string of the molecule is CN(C)c1ccc(NC(=O)c2cnc3c(cnn3Cc3ccccc3)c2)cc1. The fourth-order valence-corrected chi connectivity index (χ4v) is 3.01. The van der Waals surface area contributed by atoms with Crippen LogP contribution in [0.2, 0.25) is 0 Å². The lowest BCUT2D eigenvalue weighted by atomic mass is 10.2. The molecule has 0 radical (unpaired) electrons. The van der Waals surface area contributed by atoms with E-state index in [1.165, 1.54) is 0 Å². The number of carbonyl (C=O) groups is 1. The van der Waals surface area contributed by atoms with Crippen LogP contribution in [-0.4, -0.2) is 34.8 Å². The Balaban J connectivity index is 1.52. The molecule has 0 aliphatic heterocycles. The lowest BCUT2D eigenvalue weighted by Crippen LogP contribution is -2.13. The van der Waals surface area contributed by atoms with Crippen molar-refractivity contribution in [2.45, 2.75) is 6.54 Å². The summed E-state index contributed by atoms with van der Waals surface area (Å²) < 4.78 is 1.84. The second kappa shape index (κ2) is 7.52. The molecule has 4 aromatic rings. The van der Waals surface area contributed by atoms with Gasteiger partial charge in [0.05, 0.1) is 18.3 Å². The first-order valence-corrected chi connectivity index (χ1v) is 9.04. The minimum atomic E-state index is -0.192. The summed E-state index contributed by atoms with van der Waals surface area (Å²) in [7, 11) is 3.96. The van der Waals surface area contributed by atoms with Gasteiger partial charge in [0.25, 0.3) is 5.91 Å². The minimum absolute atomic E-state index is 0.192. The number of aromatic nitrogens is 3. The summed E-state index contributed by atoms with van der Waals surface area (Å²) >= 11 is 0. The van der Waals surface area contributed by atoms with Crippen LogP contribution in [0.5, 0.6) is 0 Å². The van der Waals surface area contributed by atoms with Gasteiger partial charge in [-0.25, -0.2) is 9.67 Å². The number of benzene rings is 2. The first kappa shape index (κ1) is 17.7. The van der Waals surface area contributed by atoms with Crippen molar-refractivity contribution in [1.82, 2.24) is 14.8 Å². The van der Waals surface area contributed by atoms with Gasteiger partial charge >= 0.3 is 0 Å². The highest BCUT2D eigenvalue weighted by atomic mass is 16.1. The zero-order valence-electron chi connectivity index (χ0n) is 15.8. The molecule has 140 valence electrons. The maximum atomic E-state index is 12.6. The van der Waals surface area contributed by atoms with Crippen molar-refractivity contribution in [1.29, 1.82) is 0 Å². The molecule has 0 spiro atoms. The molecule has 6 heteroatoms. The maximum absolute atomic E-state index is 12.6. The Bertz CT molecular complexity index is 1100. The Morgan fingerprint density at radius 1 is 1.04 bits per heavy atom. The highest BCUT2D eigenvalue weighted by Crippen LogP contribution is 2.18. The number of anilines is 2. The van der Waals surface area contributed by atoms with Crippen LogP contribution < -0.4 is 10.2 Å². The molecule has 0 saturated heterocycles. The van der Waals surface area contributed by atoms with Gasteiger partial charge in [0.2, 0.25) is 0 Å². The number of hydrogen-bond acceptors (Lipinski definition) is 4. The zero-order valence-corrected chi connectivity index (χ0v) is 15.8. The highest BCUT2D eigenvalue weighted by Gasteiger charge is 2.11. The maximum Gasteiger partial charge on any atom is 0.257 e. The molecular formula is C22H21N5O. The van der Waals surface area contributed by atoms with Crippen molar-refractivity contribution in [3.63, 3.8) is 0 Å². The van der Waals surface area contributed by atoms with E-state index in [1.54, 1.807) is 12.4 Å². The van der Waals surface area contributed by atoms with Crippen LogP contribution in [0.1, 0.15) is 15.9 Å².